The standard InChI is InChI=1S/C13H15N3O3S/c1-2-15(8-11-4-3-5-20-11)9-13(17)12-6-10(7-14-12)16(18)19/h3-7,14H,2,8-9H2,1H3. The van der Waals surface area contributed by atoms with Crippen LogP contribution in [0.1, 0.15) is 22.3 Å². The van der Waals surface area contributed by atoms with Crippen LogP contribution in [0.5, 0.6) is 0 Å². The number of hydrogen-bond donors (Lipinski definition) is 1. The van der Waals surface area contributed by atoms with Crippen LogP contribution < -0.4 is 0 Å². The maximum Gasteiger partial charge on any atom is 0.287 e. The van der Waals surface area contributed by atoms with E-state index in [1.807, 2.05) is 29.3 Å². The number of likely N-dealkylation sites (N-methyl/N-ethyl adjacent to an activating group) is 1. The third-order valence-electron chi connectivity index (χ3n) is 2.95. The minimum absolute atomic E-state index is 0.0883. The van der Waals surface area contributed by atoms with E-state index in [0.717, 1.165) is 6.54 Å². The fraction of sp³-hybridized carbons (Fsp3) is 0.308. The summed E-state index contributed by atoms with van der Waals surface area (Å²) >= 11 is 1.65. The maximum atomic E-state index is 12.1. The van der Waals surface area contributed by atoms with Crippen LogP contribution in [0.25, 0.3) is 0 Å². The smallest absolute Gasteiger partial charge is 0.287 e. The van der Waals surface area contributed by atoms with Gasteiger partial charge in [-0.25, -0.2) is 0 Å². The van der Waals surface area contributed by atoms with Crippen molar-refractivity contribution in [3.05, 3.63) is 50.5 Å². The number of nitrogens with one attached hydrogen (secondary N) is 1. The van der Waals surface area contributed by atoms with Crippen molar-refractivity contribution in [1.29, 1.82) is 0 Å². The van der Waals surface area contributed by atoms with Crippen molar-refractivity contribution < 1.29 is 9.72 Å². The number of nitrogens with zero attached hydrogens (tertiary/aromatic N) is 2. The van der Waals surface area contributed by atoms with Crippen LogP contribution >= 0.6 is 11.3 Å². The highest BCUT2D eigenvalue weighted by molar-refractivity contribution is 7.09. The Hall–Kier alpha value is -1.99. The van der Waals surface area contributed by atoms with E-state index in [0.29, 0.717) is 6.54 Å². The van der Waals surface area contributed by atoms with Gasteiger partial charge < -0.3 is 4.98 Å². The Morgan fingerprint density at radius 2 is 2.35 bits per heavy atom. The molecule has 0 aromatic carbocycles. The van der Waals surface area contributed by atoms with Gasteiger partial charge in [0.15, 0.2) is 5.78 Å². The van der Waals surface area contributed by atoms with Gasteiger partial charge in [-0.3, -0.25) is 19.8 Å². The van der Waals surface area contributed by atoms with E-state index in [4.69, 9.17) is 0 Å². The van der Waals surface area contributed by atoms with E-state index in [9.17, 15) is 14.9 Å². The van der Waals surface area contributed by atoms with Crippen molar-refractivity contribution in [3.63, 3.8) is 0 Å². The number of aromatic amines is 1. The number of carbonyl (C=O) groups excluding carboxylic acids is 1. The molecule has 2 aromatic heterocycles. The number of nitro groups is 1. The van der Waals surface area contributed by atoms with E-state index < -0.39 is 4.92 Å². The third-order valence-corrected chi connectivity index (χ3v) is 3.81. The number of Topliss-reactive ketones (excluding diaryl/α,β-unsaturated/α-hetero) is 1. The van der Waals surface area contributed by atoms with Gasteiger partial charge in [-0.2, -0.15) is 0 Å². The SMILES string of the molecule is CCN(CC(=O)c1cc([N+](=O)[O-])c[nH]1)Cc1cccs1. The first-order chi connectivity index (χ1) is 9.60. The van der Waals surface area contributed by atoms with Crippen molar-refractivity contribution in [2.75, 3.05) is 13.1 Å². The Balaban J connectivity index is 1.99. The quantitative estimate of drug-likeness (QED) is 0.483. The van der Waals surface area contributed by atoms with Crippen molar-refractivity contribution in [2.24, 2.45) is 0 Å². The summed E-state index contributed by atoms with van der Waals surface area (Å²) in [4.78, 5) is 28.0. The molecule has 7 heteroatoms. The molecule has 0 amide bonds. The molecule has 0 aliphatic heterocycles. The molecule has 0 spiro atoms. The molecule has 0 saturated heterocycles. The first kappa shape index (κ1) is 14.4. The fourth-order valence-electron chi connectivity index (χ4n) is 1.84. The summed E-state index contributed by atoms with van der Waals surface area (Å²) in [5.74, 6) is -0.142. The van der Waals surface area contributed by atoms with Crippen LogP contribution in [0.15, 0.2) is 29.8 Å². The van der Waals surface area contributed by atoms with E-state index in [2.05, 4.69) is 4.98 Å². The molecular formula is C13H15N3O3S. The number of carbonyl (C=O) groups is 1. The lowest BCUT2D eigenvalue weighted by Gasteiger charge is -2.18. The van der Waals surface area contributed by atoms with Crippen LogP contribution in [-0.4, -0.2) is 33.7 Å². The number of aromatic nitrogens is 1. The predicted octanol–water partition coefficient (Wildman–Crippen LogP) is 2.69. The molecule has 0 aliphatic rings. The average Bonchev–Trinajstić information content (AvgIpc) is 3.08. The predicted molar refractivity (Wildman–Crippen MR) is 77.0 cm³/mol. The first-order valence-electron chi connectivity index (χ1n) is 6.21. The zero-order chi connectivity index (χ0) is 14.5. The van der Waals surface area contributed by atoms with Crippen LogP contribution in [0.2, 0.25) is 0 Å². The molecule has 0 aliphatic carbocycles. The minimum atomic E-state index is -0.517. The van der Waals surface area contributed by atoms with Crippen molar-refractivity contribution >= 4 is 22.8 Å². The van der Waals surface area contributed by atoms with Gasteiger partial charge in [-0.1, -0.05) is 13.0 Å². The van der Waals surface area contributed by atoms with Crippen molar-refractivity contribution in [3.8, 4) is 0 Å². The van der Waals surface area contributed by atoms with Gasteiger partial charge in [-0.15, -0.1) is 11.3 Å². The van der Waals surface area contributed by atoms with Gasteiger partial charge in [-0.05, 0) is 18.0 Å². The number of thiophene rings is 1. The molecule has 0 saturated carbocycles. The second-order valence-electron chi connectivity index (χ2n) is 4.33. The Labute approximate surface area is 120 Å². The zero-order valence-corrected chi connectivity index (χ0v) is 11.9. The summed E-state index contributed by atoms with van der Waals surface area (Å²) in [6, 6.07) is 5.28. The summed E-state index contributed by atoms with van der Waals surface area (Å²) in [6.07, 6.45) is 1.24. The van der Waals surface area contributed by atoms with Crippen LogP contribution in [0.4, 0.5) is 5.69 Å². The molecule has 0 fully saturated rings. The van der Waals surface area contributed by atoms with E-state index in [-0.39, 0.29) is 23.7 Å². The summed E-state index contributed by atoms with van der Waals surface area (Å²) in [5.41, 5.74) is 0.191. The largest absolute Gasteiger partial charge is 0.353 e. The Kier molecular flexibility index (Phi) is 4.65. The van der Waals surface area contributed by atoms with Gasteiger partial charge in [0, 0.05) is 17.5 Å². The highest BCUT2D eigenvalue weighted by atomic mass is 32.1. The maximum absolute atomic E-state index is 12.1. The molecule has 2 aromatic rings. The molecule has 2 heterocycles. The topological polar surface area (TPSA) is 79.2 Å². The van der Waals surface area contributed by atoms with Gasteiger partial charge in [0.2, 0.25) is 0 Å². The average molecular weight is 293 g/mol. The molecule has 0 unspecified atom stereocenters. The van der Waals surface area contributed by atoms with Crippen molar-refractivity contribution in [2.45, 2.75) is 13.5 Å². The molecular weight excluding hydrogens is 278 g/mol. The second-order valence-corrected chi connectivity index (χ2v) is 5.37. The molecule has 1 N–H and O–H groups in total. The number of ketones is 1. The highest BCUT2D eigenvalue weighted by Crippen LogP contribution is 2.15. The summed E-state index contributed by atoms with van der Waals surface area (Å²) in [6.45, 7) is 3.68. The molecule has 20 heavy (non-hydrogen) atoms. The lowest BCUT2D eigenvalue weighted by Crippen LogP contribution is -2.29. The zero-order valence-electron chi connectivity index (χ0n) is 11.0. The molecule has 2 rings (SSSR count). The first-order valence-corrected chi connectivity index (χ1v) is 7.09. The molecule has 0 radical (unpaired) electrons. The Bertz CT molecular complexity index is 592. The minimum Gasteiger partial charge on any atom is -0.353 e. The van der Waals surface area contributed by atoms with Gasteiger partial charge in [0.25, 0.3) is 5.69 Å². The summed E-state index contributed by atoms with van der Waals surface area (Å²) < 4.78 is 0. The van der Waals surface area contributed by atoms with E-state index in [1.165, 1.54) is 17.1 Å². The third kappa shape index (κ3) is 3.52. The fourth-order valence-corrected chi connectivity index (χ4v) is 2.59. The highest BCUT2D eigenvalue weighted by Gasteiger charge is 2.17. The monoisotopic (exact) mass is 293 g/mol. The number of H-pyrrole nitrogens is 1. The molecule has 106 valence electrons. The van der Waals surface area contributed by atoms with Gasteiger partial charge in [0.05, 0.1) is 23.4 Å². The van der Waals surface area contributed by atoms with Crippen LogP contribution in [0, 0.1) is 10.1 Å². The van der Waals surface area contributed by atoms with Crippen LogP contribution in [0.3, 0.4) is 0 Å². The number of hydrogen-bond acceptors (Lipinski definition) is 5. The Morgan fingerprint density at radius 1 is 1.55 bits per heavy atom. The Morgan fingerprint density at radius 3 is 2.90 bits per heavy atom. The van der Waals surface area contributed by atoms with Gasteiger partial charge >= 0.3 is 0 Å². The second kappa shape index (κ2) is 6.44. The van der Waals surface area contributed by atoms with Gasteiger partial charge in [0.1, 0.15) is 0 Å². The molecule has 6 nitrogen and oxygen atoms in total. The van der Waals surface area contributed by atoms with E-state index >= 15 is 0 Å². The number of rotatable bonds is 7. The van der Waals surface area contributed by atoms with Crippen LogP contribution in [-0.2, 0) is 6.54 Å². The van der Waals surface area contributed by atoms with Crippen molar-refractivity contribution in [1.82, 2.24) is 9.88 Å². The lowest BCUT2D eigenvalue weighted by atomic mass is 10.2. The summed E-state index contributed by atoms with van der Waals surface area (Å²) in [5, 5.41) is 12.6. The summed E-state index contributed by atoms with van der Waals surface area (Å²) in [7, 11) is 0. The lowest BCUT2D eigenvalue weighted by molar-refractivity contribution is -0.384. The molecule has 0 atom stereocenters. The normalized spacial score (nSPS) is 10.9. The molecule has 0 bridgehead atoms. The van der Waals surface area contributed by atoms with E-state index in [1.54, 1.807) is 11.3 Å².